The predicted octanol–water partition coefficient (Wildman–Crippen LogP) is 0.0135. The van der Waals surface area contributed by atoms with Crippen molar-refractivity contribution in [2.75, 3.05) is 26.2 Å². The van der Waals surface area contributed by atoms with Crippen molar-refractivity contribution in [1.82, 2.24) is 9.80 Å². The Labute approximate surface area is 82.3 Å². The van der Waals surface area contributed by atoms with E-state index in [9.17, 15) is 9.59 Å². The van der Waals surface area contributed by atoms with Gasteiger partial charge in [0, 0.05) is 45.1 Å². The zero-order chi connectivity index (χ0) is 10.1. The molecular formula is C9H14N2O3. The Morgan fingerprint density at radius 2 is 1.86 bits per heavy atom. The zero-order valence-corrected chi connectivity index (χ0v) is 7.98. The van der Waals surface area contributed by atoms with Crippen LogP contribution in [-0.4, -0.2) is 59.0 Å². The molecule has 1 N–H and O–H groups in total. The average Bonchev–Trinajstić information content (AvgIpc) is 2.05. The second-order valence-corrected chi connectivity index (χ2v) is 3.92. The van der Waals surface area contributed by atoms with Gasteiger partial charge in [-0.15, -0.1) is 0 Å². The Morgan fingerprint density at radius 1 is 1.29 bits per heavy atom. The van der Waals surface area contributed by atoms with Gasteiger partial charge in [-0.05, 0) is 0 Å². The highest BCUT2D eigenvalue weighted by Gasteiger charge is 2.35. The third kappa shape index (κ3) is 1.72. The van der Waals surface area contributed by atoms with E-state index in [1.54, 1.807) is 0 Å². The first-order chi connectivity index (χ1) is 6.66. The van der Waals surface area contributed by atoms with E-state index >= 15 is 0 Å². The van der Waals surface area contributed by atoms with Gasteiger partial charge in [0.25, 0.3) is 0 Å². The minimum atomic E-state index is -0.839. The monoisotopic (exact) mass is 198 g/mol. The number of ketones is 1. The molecule has 5 nitrogen and oxygen atoms in total. The van der Waals surface area contributed by atoms with Gasteiger partial charge in [-0.3, -0.25) is 9.69 Å². The molecule has 78 valence electrons. The fourth-order valence-electron chi connectivity index (χ4n) is 1.98. The molecule has 0 aliphatic carbocycles. The number of amides is 1. The Bertz CT molecular complexity index is 251. The number of likely N-dealkylation sites (tertiary alicyclic amines) is 2. The third-order valence-electron chi connectivity index (χ3n) is 3.00. The fraction of sp³-hybridized carbons (Fsp3) is 0.778. The standard InChI is InChI=1S/C9H14N2O3/c12-8-1-3-10(4-2-8)7-5-11(6-7)9(13)14/h7H,1-6H2,(H,13,14). The molecule has 0 atom stereocenters. The van der Waals surface area contributed by atoms with Crippen molar-refractivity contribution in [1.29, 1.82) is 0 Å². The molecule has 0 spiro atoms. The van der Waals surface area contributed by atoms with Gasteiger partial charge in [0.1, 0.15) is 5.78 Å². The topological polar surface area (TPSA) is 60.9 Å². The fourth-order valence-corrected chi connectivity index (χ4v) is 1.98. The maximum absolute atomic E-state index is 11.0. The van der Waals surface area contributed by atoms with Gasteiger partial charge in [0.15, 0.2) is 0 Å². The number of carbonyl (C=O) groups excluding carboxylic acids is 1. The molecule has 2 rings (SSSR count). The van der Waals surface area contributed by atoms with Crippen LogP contribution in [0.2, 0.25) is 0 Å². The van der Waals surface area contributed by atoms with E-state index in [1.807, 2.05) is 0 Å². The summed E-state index contributed by atoms with van der Waals surface area (Å²) >= 11 is 0. The van der Waals surface area contributed by atoms with Crippen LogP contribution in [0.5, 0.6) is 0 Å². The molecule has 2 aliphatic rings. The number of Topliss-reactive ketones (excluding diaryl/α,β-unsaturated/α-hetero) is 1. The summed E-state index contributed by atoms with van der Waals surface area (Å²) in [6.45, 7) is 2.81. The number of piperidine rings is 1. The Kier molecular flexibility index (Phi) is 2.41. The molecule has 5 heteroatoms. The summed E-state index contributed by atoms with van der Waals surface area (Å²) in [4.78, 5) is 25.1. The maximum Gasteiger partial charge on any atom is 0.407 e. The van der Waals surface area contributed by atoms with Crippen molar-refractivity contribution in [3.8, 4) is 0 Å². The highest BCUT2D eigenvalue weighted by molar-refractivity contribution is 5.79. The van der Waals surface area contributed by atoms with Crippen LogP contribution < -0.4 is 0 Å². The van der Waals surface area contributed by atoms with E-state index in [4.69, 9.17) is 5.11 Å². The summed E-state index contributed by atoms with van der Waals surface area (Å²) in [5.41, 5.74) is 0. The van der Waals surface area contributed by atoms with Crippen LogP contribution in [0.15, 0.2) is 0 Å². The second-order valence-electron chi connectivity index (χ2n) is 3.92. The van der Waals surface area contributed by atoms with E-state index in [1.165, 1.54) is 4.90 Å². The summed E-state index contributed by atoms with van der Waals surface area (Å²) < 4.78 is 0. The lowest BCUT2D eigenvalue weighted by molar-refractivity contribution is -0.122. The van der Waals surface area contributed by atoms with Crippen molar-refractivity contribution in [2.24, 2.45) is 0 Å². The van der Waals surface area contributed by atoms with Crippen molar-refractivity contribution in [2.45, 2.75) is 18.9 Å². The smallest absolute Gasteiger partial charge is 0.407 e. The second kappa shape index (κ2) is 3.57. The molecule has 0 aromatic heterocycles. The number of carbonyl (C=O) groups is 2. The van der Waals surface area contributed by atoms with Crippen LogP contribution in [0.25, 0.3) is 0 Å². The van der Waals surface area contributed by atoms with E-state index in [-0.39, 0.29) is 0 Å². The molecule has 2 fully saturated rings. The average molecular weight is 198 g/mol. The quantitative estimate of drug-likeness (QED) is 0.645. The zero-order valence-electron chi connectivity index (χ0n) is 7.98. The molecule has 2 aliphatic heterocycles. The maximum atomic E-state index is 11.0. The van der Waals surface area contributed by atoms with Crippen LogP contribution in [0.3, 0.4) is 0 Å². The van der Waals surface area contributed by atoms with Crippen LogP contribution in [0.4, 0.5) is 4.79 Å². The van der Waals surface area contributed by atoms with Gasteiger partial charge in [-0.1, -0.05) is 0 Å². The summed E-state index contributed by atoms with van der Waals surface area (Å²) in [5, 5.41) is 8.64. The van der Waals surface area contributed by atoms with Crippen molar-refractivity contribution >= 4 is 11.9 Å². The van der Waals surface area contributed by atoms with Gasteiger partial charge in [0.05, 0.1) is 0 Å². The molecule has 0 aromatic carbocycles. The number of carboxylic acid groups (broad SMARTS) is 1. The summed E-state index contributed by atoms with van der Waals surface area (Å²) in [6.07, 6.45) is 0.419. The molecule has 0 unspecified atom stereocenters. The molecule has 2 saturated heterocycles. The molecule has 0 saturated carbocycles. The summed E-state index contributed by atoms with van der Waals surface area (Å²) in [5.74, 6) is 0.329. The molecule has 0 radical (unpaired) electrons. The lowest BCUT2D eigenvalue weighted by atomic mass is 10.0. The first kappa shape index (κ1) is 9.45. The first-order valence-corrected chi connectivity index (χ1v) is 4.90. The van der Waals surface area contributed by atoms with E-state index in [2.05, 4.69) is 4.90 Å². The Morgan fingerprint density at radius 3 is 2.36 bits per heavy atom. The molecular weight excluding hydrogens is 184 g/mol. The molecule has 1 amide bonds. The Hall–Kier alpha value is -1.10. The number of nitrogens with zero attached hydrogens (tertiary/aromatic N) is 2. The van der Waals surface area contributed by atoms with Crippen LogP contribution in [0.1, 0.15) is 12.8 Å². The minimum absolute atomic E-state index is 0.329. The van der Waals surface area contributed by atoms with Gasteiger partial charge in [-0.25, -0.2) is 4.79 Å². The molecule has 0 aromatic rings. The first-order valence-electron chi connectivity index (χ1n) is 4.90. The largest absolute Gasteiger partial charge is 0.465 e. The lowest BCUT2D eigenvalue weighted by Gasteiger charge is -2.45. The minimum Gasteiger partial charge on any atom is -0.465 e. The summed E-state index contributed by atoms with van der Waals surface area (Å²) in [6, 6.07) is 0.346. The van der Waals surface area contributed by atoms with Crippen molar-refractivity contribution in [3.63, 3.8) is 0 Å². The number of hydrogen-bond donors (Lipinski definition) is 1. The molecule has 14 heavy (non-hydrogen) atoms. The van der Waals surface area contributed by atoms with Gasteiger partial charge in [0.2, 0.25) is 0 Å². The van der Waals surface area contributed by atoms with Gasteiger partial charge >= 0.3 is 6.09 Å². The van der Waals surface area contributed by atoms with E-state index in [0.29, 0.717) is 37.8 Å². The van der Waals surface area contributed by atoms with Crippen LogP contribution >= 0.6 is 0 Å². The summed E-state index contributed by atoms with van der Waals surface area (Å²) in [7, 11) is 0. The normalized spacial score (nSPS) is 24.9. The van der Waals surface area contributed by atoms with E-state index < -0.39 is 6.09 Å². The highest BCUT2D eigenvalue weighted by atomic mass is 16.4. The predicted molar refractivity (Wildman–Crippen MR) is 49.2 cm³/mol. The third-order valence-corrected chi connectivity index (χ3v) is 3.00. The number of hydrogen-bond acceptors (Lipinski definition) is 3. The van der Waals surface area contributed by atoms with Crippen molar-refractivity contribution < 1.29 is 14.7 Å². The Balaban J connectivity index is 1.77. The van der Waals surface area contributed by atoms with Crippen molar-refractivity contribution in [3.05, 3.63) is 0 Å². The van der Waals surface area contributed by atoms with Crippen LogP contribution in [-0.2, 0) is 4.79 Å². The highest BCUT2D eigenvalue weighted by Crippen LogP contribution is 2.18. The van der Waals surface area contributed by atoms with Gasteiger partial charge < -0.3 is 10.0 Å². The molecule has 0 bridgehead atoms. The number of rotatable bonds is 1. The SMILES string of the molecule is O=C1CCN(C2CN(C(=O)O)C2)CC1. The van der Waals surface area contributed by atoms with Gasteiger partial charge in [-0.2, -0.15) is 0 Å². The molecule has 2 heterocycles. The van der Waals surface area contributed by atoms with Crippen LogP contribution in [0, 0.1) is 0 Å². The lowest BCUT2D eigenvalue weighted by Crippen LogP contribution is -2.62. The van der Waals surface area contributed by atoms with E-state index in [0.717, 1.165) is 13.1 Å².